The van der Waals surface area contributed by atoms with Gasteiger partial charge in [-0.15, -0.1) is 0 Å². The molecule has 0 radical (unpaired) electrons. The van der Waals surface area contributed by atoms with Crippen LogP contribution in [-0.4, -0.2) is 70.1 Å². The van der Waals surface area contributed by atoms with Gasteiger partial charge in [-0.1, -0.05) is 13.8 Å². The van der Waals surface area contributed by atoms with Crippen LogP contribution in [0.1, 0.15) is 26.7 Å². The quantitative estimate of drug-likeness (QED) is 0.633. The van der Waals surface area contributed by atoms with Crippen molar-refractivity contribution in [3.8, 4) is 0 Å². The van der Waals surface area contributed by atoms with Crippen LogP contribution in [0.25, 0.3) is 0 Å². The molecular formula is C13H29N3O3S. The van der Waals surface area contributed by atoms with E-state index in [2.05, 4.69) is 5.32 Å². The summed E-state index contributed by atoms with van der Waals surface area (Å²) in [6.07, 6.45) is 2.16. The van der Waals surface area contributed by atoms with Gasteiger partial charge < -0.3 is 10.2 Å². The number of carbonyl (C=O) groups excluding carboxylic acids is 1. The van der Waals surface area contributed by atoms with E-state index < -0.39 is 10.0 Å². The van der Waals surface area contributed by atoms with Gasteiger partial charge in [-0.2, -0.15) is 0 Å². The molecule has 0 atom stereocenters. The summed E-state index contributed by atoms with van der Waals surface area (Å²) >= 11 is 0. The minimum Gasteiger partial charge on any atom is -0.356 e. The zero-order chi connectivity index (χ0) is 15.8. The fourth-order valence-corrected chi connectivity index (χ4v) is 2.52. The van der Waals surface area contributed by atoms with E-state index in [1.54, 1.807) is 0 Å². The van der Waals surface area contributed by atoms with Gasteiger partial charge in [-0.25, -0.2) is 12.7 Å². The van der Waals surface area contributed by atoms with E-state index in [-0.39, 0.29) is 18.9 Å². The van der Waals surface area contributed by atoms with Gasteiger partial charge in [0, 0.05) is 26.1 Å². The molecule has 0 aliphatic heterocycles. The van der Waals surface area contributed by atoms with Crippen molar-refractivity contribution < 1.29 is 13.2 Å². The van der Waals surface area contributed by atoms with Crippen LogP contribution in [0.3, 0.4) is 0 Å². The Morgan fingerprint density at radius 1 is 1.15 bits per heavy atom. The van der Waals surface area contributed by atoms with Crippen LogP contribution in [0.5, 0.6) is 0 Å². The molecule has 0 rings (SSSR count). The molecule has 7 heteroatoms. The van der Waals surface area contributed by atoms with Crippen molar-refractivity contribution in [2.75, 3.05) is 46.5 Å². The number of sulfonamides is 1. The second kappa shape index (κ2) is 9.31. The van der Waals surface area contributed by atoms with Gasteiger partial charge in [0.2, 0.25) is 15.9 Å². The largest absolute Gasteiger partial charge is 0.356 e. The minimum absolute atomic E-state index is 0.0973. The maximum Gasteiger partial charge on any atom is 0.221 e. The van der Waals surface area contributed by atoms with Gasteiger partial charge in [0.05, 0.1) is 6.26 Å². The van der Waals surface area contributed by atoms with Gasteiger partial charge >= 0.3 is 0 Å². The molecule has 0 bridgehead atoms. The van der Waals surface area contributed by atoms with Crippen LogP contribution in [0.4, 0.5) is 0 Å². The lowest BCUT2D eigenvalue weighted by Gasteiger charge is -2.20. The molecule has 1 N–H and O–H groups in total. The monoisotopic (exact) mass is 307 g/mol. The molecular weight excluding hydrogens is 278 g/mol. The Morgan fingerprint density at radius 3 is 2.20 bits per heavy atom. The number of amides is 1. The predicted octanol–water partition coefficient (Wildman–Crippen LogP) is 0.362. The van der Waals surface area contributed by atoms with E-state index in [0.717, 1.165) is 13.0 Å². The Kier molecular flexibility index (Phi) is 9.00. The van der Waals surface area contributed by atoms with Crippen LogP contribution in [0, 0.1) is 5.92 Å². The fraction of sp³-hybridized carbons (Fsp3) is 0.923. The minimum atomic E-state index is -3.25. The first-order valence-electron chi connectivity index (χ1n) is 6.99. The molecule has 0 aliphatic rings. The average molecular weight is 307 g/mol. The van der Waals surface area contributed by atoms with Crippen LogP contribution in [-0.2, 0) is 14.8 Å². The van der Waals surface area contributed by atoms with E-state index in [1.807, 2.05) is 32.8 Å². The third kappa shape index (κ3) is 10.2. The lowest BCUT2D eigenvalue weighted by molar-refractivity contribution is -0.121. The fourth-order valence-electron chi connectivity index (χ4n) is 1.64. The van der Waals surface area contributed by atoms with E-state index in [9.17, 15) is 13.2 Å². The number of hydrogen-bond donors (Lipinski definition) is 1. The third-order valence-electron chi connectivity index (χ3n) is 2.78. The summed E-state index contributed by atoms with van der Waals surface area (Å²) in [7, 11) is 0.642. The molecule has 0 unspecified atom stereocenters. The molecule has 0 saturated carbocycles. The Morgan fingerprint density at radius 2 is 1.75 bits per heavy atom. The number of carbonyl (C=O) groups is 1. The molecule has 0 aromatic heterocycles. The van der Waals surface area contributed by atoms with Crippen LogP contribution in [0.15, 0.2) is 0 Å². The van der Waals surface area contributed by atoms with Crippen LogP contribution >= 0.6 is 0 Å². The third-order valence-corrected chi connectivity index (χ3v) is 4.08. The molecule has 0 spiro atoms. The first-order chi connectivity index (χ1) is 9.12. The molecule has 0 aromatic carbocycles. The van der Waals surface area contributed by atoms with Gasteiger partial charge in [0.15, 0.2) is 0 Å². The first-order valence-corrected chi connectivity index (χ1v) is 8.84. The van der Waals surface area contributed by atoms with E-state index in [0.29, 0.717) is 19.0 Å². The van der Waals surface area contributed by atoms with Crippen molar-refractivity contribution in [2.45, 2.75) is 26.7 Å². The highest BCUT2D eigenvalue weighted by Crippen LogP contribution is 2.02. The van der Waals surface area contributed by atoms with Gasteiger partial charge in [-0.3, -0.25) is 4.79 Å². The average Bonchev–Trinajstić information content (AvgIpc) is 2.28. The summed E-state index contributed by atoms with van der Waals surface area (Å²) < 4.78 is 24.7. The van der Waals surface area contributed by atoms with Gasteiger partial charge in [0.1, 0.15) is 0 Å². The standard InChI is InChI=1S/C13H29N3O3S/c1-12(2)11-14-13(17)7-10-16(20(5,18)19)9-6-8-15(3)4/h12H,6-11H2,1-5H3,(H,14,17). The summed E-state index contributed by atoms with van der Waals surface area (Å²) in [6.45, 7) is 6.18. The summed E-state index contributed by atoms with van der Waals surface area (Å²) in [5.41, 5.74) is 0. The Bertz CT molecular complexity index is 380. The van der Waals surface area contributed by atoms with Crippen LogP contribution < -0.4 is 5.32 Å². The summed E-state index contributed by atoms with van der Waals surface area (Å²) in [6, 6.07) is 0. The number of nitrogens with zero attached hydrogens (tertiary/aromatic N) is 2. The highest BCUT2D eigenvalue weighted by molar-refractivity contribution is 7.88. The van der Waals surface area contributed by atoms with E-state index in [4.69, 9.17) is 0 Å². The predicted molar refractivity (Wildman–Crippen MR) is 82.1 cm³/mol. The van der Waals surface area contributed by atoms with Crippen molar-refractivity contribution in [2.24, 2.45) is 5.92 Å². The maximum absolute atomic E-state index is 11.7. The summed E-state index contributed by atoms with van der Waals surface area (Å²) in [5, 5.41) is 2.79. The molecule has 6 nitrogen and oxygen atoms in total. The normalized spacial score (nSPS) is 12.4. The molecule has 1 amide bonds. The molecule has 0 fully saturated rings. The Balaban J connectivity index is 4.21. The van der Waals surface area contributed by atoms with Crippen molar-refractivity contribution >= 4 is 15.9 Å². The Hall–Kier alpha value is -0.660. The number of nitrogens with one attached hydrogen (secondary N) is 1. The maximum atomic E-state index is 11.7. The first kappa shape index (κ1) is 19.3. The smallest absolute Gasteiger partial charge is 0.221 e. The van der Waals surface area contributed by atoms with Crippen molar-refractivity contribution in [3.63, 3.8) is 0 Å². The second-order valence-corrected chi connectivity index (χ2v) is 7.75. The van der Waals surface area contributed by atoms with Crippen LogP contribution in [0.2, 0.25) is 0 Å². The number of hydrogen-bond acceptors (Lipinski definition) is 4. The summed E-state index contributed by atoms with van der Waals surface area (Å²) in [4.78, 5) is 13.6. The lowest BCUT2D eigenvalue weighted by Crippen LogP contribution is -2.36. The topological polar surface area (TPSA) is 69.7 Å². The molecule has 0 heterocycles. The lowest BCUT2D eigenvalue weighted by atomic mass is 10.2. The van der Waals surface area contributed by atoms with Gasteiger partial charge in [-0.05, 0) is 33.0 Å². The van der Waals surface area contributed by atoms with Crippen molar-refractivity contribution in [1.82, 2.24) is 14.5 Å². The summed E-state index contributed by atoms with van der Waals surface area (Å²) in [5.74, 6) is 0.296. The Labute approximate surface area is 123 Å². The number of rotatable bonds is 10. The zero-order valence-corrected chi connectivity index (χ0v) is 14.2. The van der Waals surface area contributed by atoms with E-state index in [1.165, 1.54) is 10.6 Å². The SMILES string of the molecule is CC(C)CNC(=O)CCN(CCCN(C)C)S(C)(=O)=O. The highest BCUT2D eigenvalue weighted by atomic mass is 32.2. The van der Waals surface area contributed by atoms with Crippen molar-refractivity contribution in [1.29, 1.82) is 0 Å². The molecule has 120 valence electrons. The highest BCUT2D eigenvalue weighted by Gasteiger charge is 2.17. The molecule has 0 aromatic rings. The zero-order valence-electron chi connectivity index (χ0n) is 13.3. The second-order valence-electron chi connectivity index (χ2n) is 5.77. The molecule has 0 aliphatic carbocycles. The van der Waals surface area contributed by atoms with E-state index >= 15 is 0 Å². The van der Waals surface area contributed by atoms with Gasteiger partial charge in [0.25, 0.3) is 0 Å². The molecule has 20 heavy (non-hydrogen) atoms. The van der Waals surface area contributed by atoms with Crippen molar-refractivity contribution in [3.05, 3.63) is 0 Å². The molecule has 0 saturated heterocycles.